The number of hydrogen-bond donors (Lipinski definition) is 2. The quantitative estimate of drug-likeness (QED) is 0.595. The number of amidine groups is 1. The van der Waals surface area contributed by atoms with Crippen molar-refractivity contribution in [1.29, 1.82) is 5.41 Å². The van der Waals surface area contributed by atoms with Gasteiger partial charge in [0, 0.05) is 13.1 Å². The summed E-state index contributed by atoms with van der Waals surface area (Å²) in [7, 11) is 0. The van der Waals surface area contributed by atoms with E-state index in [4.69, 9.17) is 11.1 Å². The minimum absolute atomic E-state index is 0.0376. The summed E-state index contributed by atoms with van der Waals surface area (Å²) in [5.41, 5.74) is 5.79. The third-order valence-corrected chi connectivity index (χ3v) is 3.11. The van der Waals surface area contributed by atoms with Crippen LogP contribution >= 0.6 is 0 Å². The van der Waals surface area contributed by atoms with E-state index in [1.165, 1.54) is 6.42 Å². The highest BCUT2D eigenvalue weighted by Gasteiger charge is 2.22. The first kappa shape index (κ1) is 11.8. The zero-order valence-electron chi connectivity index (χ0n) is 10.3. The van der Waals surface area contributed by atoms with Crippen LogP contribution in [0.4, 0.5) is 5.82 Å². The fraction of sp³-hybridized carbons (Fsp3) is 0.583. The Labute approximate surface area is 102 Å². The smallest absolute Gasteiger partial charge is 0.147 e. The third-order valence-electron chi connectivity index (χ3n) is 3.11. The van der Waals surface area contributed by atoms with Crippen LogP contribution in [0, 0.1) is 17.2 Å². The highest BCUT2D eigenvalue weighted by molar-refractivity contribution is 5.92. The Hall–Kier alpha value is -1.65. The van der Waals surface area contributed by atoms with Gasteiger partial charge >= 0.3 is 0 Å². The zero-order chi connectivity index (χ0) is 12.4. The van der Waals surface area contributed by atoms with Crippen molar-refractivity contribution in [2.24, 2.45) is 17.6 Å². The second-order valence-electron chi connectivity index (χ2n) is 5.02. The van der Waals surface area contributed by atoms with Gasteiger partial charge in [-0.1, -0.05) is 13.8 Å². The molecule has 2 heterocycles. The topological polar surface area (TPSA) is 78.9 Å². The number of anilines is 1. The number of aromatic nitrogens is 2. The Bertz CT molecular complexity index is 390. The van der Waals surface area contributed by atoms with Crippen LogP contribution in [0.3, 0.4) is 0 Å². The van der Waals surface area contributed by atoms with Gasteiger partial charge < -0.3 is 10.6 Å². The Morgan fingerprint density at radius 2 is 1.94 bits per heavy atom. The molecule has 1 saturated heterocycles. The average Bonchev–Trinajstić information content (AvgIpc) is 2.28. The molecule has 2 rings (SSSR count). The number of nitrogens with two attached hydrogens (primary N) is 1. The Kier molecular flexibility index (Phi) is 3.26. The lowest BCUT2D eigenvalue weighted by atomic mass is 9.92. The van der Waals surface area contributed by atoms with E-state index >= 15 is 0 Å². The van der Waals surface area contributed by atoms with Gasteiger partial charge in [-0.25, -0.2) is 9.97 Å². The van der Waals surface area contributed by atoms with Gasteiger partial charge in [-0.05, 0) is 18.3 Å². The van der Waals surface area contributed by atoms with Crippen LogP contribution in [-0.2, 0) is 0 Å². The monoisotopic (exact) mass is 233 g/mol. The minimum atomic E-state index is -0.0376. The van der Waals surface area contributed by atoms with Gasteiger partial charge in [0.15, 0.2) is 0 Å². The lowest BCUT2D eigenvalue weighted by Gasteiger charge is -2.35. The summed E-state index contributed by atoms with van der Waals surface area (Å²) in [6.45, 7) is 6.58. The first-order chi connectivity index (χ1) is 8.06. The van der Waals surface area contributed by atoms with Crippen molar-refractivity contribution in [2.45, 2.75) is 20.3 Å². The molecular formula is C12H19N5. The molecule has 1 fully saturated rings. The molecule has 0 aromatic carbocycles. The van der Waals surface area contributed by atoms with Gasteiger partial charge in [0.1, 0.15) is 17.3 Å². The van der Waals surface area contributed by atoms with E-state index in [-0.39, 0.29) is 5.84 Å². The van der Waals surface area contributed by atoms with E-state index in [1.807, 2.05) is 0 Å². The first-order valence-electron chi connectivity index (χ1n) is 5.97. The Morgan fingerprint density at radius 3 is 2.41 bits per heavy atom. The molecule has 2 unspecified atom stereocenters. The molecule has 2 atom stereocenters. The maximum absolute atomic E-state index is 7.28. The maximum Gasteiger partial charge on any atom is 0.147 e. The van der Waals surface area contributed by atoms with Crippen molar-refractivity contribution in [3.63, 3.8) is 0 Å². The van der Waals surface area contributed by atoms with Gasteiger partial charge in [0.25, 0.3) is 0 Å². The summed E-state index contributed by atoms with van der Waals surface area (Å²) < 4.78 is 0. The predicted molar refractivity (Wildman–Crippen MR) is 68.2 cm³/mol. The van der Waals surface area contributed by atoms with Crippen LogP contribution in [0.25, 0.3) is 0 Å². The van der Waals surface area contributed by atoms with Gasteiger partial charge in [-0.3, -0.25) is 5.41 Å². The van der Waals surface area contributed by atoms with E-state index in [1.54, 1.807) is 12.4 Å². The molecule has 17 heavy (non-hydrogen) atoms. The lowest BCUT2D eigenvalue weighted by molar-refractivity contribution is 0.355. The van der Waals surface area contributed by atoms with Crippen molar-refractivity contribution in [2.75, 3.05) is 18.0 Å². The van der Waals surface area contributed by atoms with Crippen molar-refractivity contribution in [3.05, 3.63) is 18.1 Å². The molecule has 0 radical (unpaired) electrons. The first-order valence-corrected chi connectivity index (χ1v) is 5.97. The number of piperidine rings is 1. The van der Waals surface area contributed by atoms with Crippen molar-refractivity contribution in [1.82, 2.24) is 9.97 Å². The van der Waals surface area contributed by atoms with Crippen LogP contribution in [-0.4, -0.2) is 28.9 Å². The molecule has 5 heteroatoms. The van der Waals surface area contributed by atoms with Crippen LogP contribution in [0.2, 0.25) is 0 Å². The van der Waals surface area contributed by atoms with Crippen molar-refractivity contribution >= 4 is 11.7 Å². The number of rotatable bonds is 2. The number of hydrogen-bond acceptors (Lipinski definition) is 4. The van der Waals surface area contributed by atoms with E-state index < -0.39 is 0 Å². The van der Waals surface area contributed by atoms with Gasteiger partial charge in [-0.15, -0.1) is 0 Å². The largest absolute Gasteiger partial charge is 0.382 e. The second kappa shape index (κ2) is 4.69. The SMILES string of the molecule is CC1CC(C)CN(c2cnc(C(=N)N)cn2)C1. The summed E-state index contributed by atoms with van der Waals surface area (Å²) in [5, 5.41) is 7.28. The van der Waals surface area contributed by atoms with Gasteiger partial charge in [0.2, 0.25) is 0 Å². The molecule has 1 aromatic rings. The molecule has 0 bridgehead atoms. The van der Waals surface area contributed by atoms with Crippen LogP contribution in [0.5, 0.6) is 0 Å². The third kappa shape index (κ3) is 2.72. The van der Waals surface area contributed by atoms with Crippen LogP contribution in [0.1, 0.15) is 26.0 Å². The molecule has 0 aliphatic carbocycles. The van der Waals surface area contributed by atoms with E-state index in [2.05, 4.69) is 28.7 Å². The highest BCUT2D eigenvalue weighted by atomic mass is 15.2. The van der Waals surface area contributed by atoms with Gasteiger partial charge in [-0.2, -0.15) is 0 Å². The Balaban J connectivity index is 2.14. The van der Waals surface area contributed by atoms with E-state index in [0.29, 0.717) is 17.5 Å². The lowest BCUT2D eigenvalue weighted by Crippen LogP contribution is -2.39. The molecule has 0 spiro atoms. The molecule has 3 N–H and O–H groups in total. The molecule has 1 aliphatic heterocycles. The average molecular weight is 233 g/mol. The molecule has 1 aromatic heterocycles. The fourth-order valence-electron chi connectivity index (χ4n) is 2.47. The Morgan fingerprint density at radius 1 is 1.29 bits per heavy atom. The van der Waals surface area contributed by atoms with Gasteiger partial charge in [0.05, 0.1) is 12.4 Å². The molecule has 0 amide bonds. The molecule has 92 valence electrons. The molecule has 5 nitrogen and oxygen atoms in total. The fourth-order valence-corrected chi connectivity index (χ4v) is 2.47. The van der Waals surface area contributed by atoms with E-state index in [0.717, 1.165) is 18.9 Å². The normalized spacial score (nSPS) is 24.7. The van der Waals surface area contributed by atoms with Crippen molar-refractivity contribution < 1.29 is 0 Å². The van der Waals surface area contributed by atoms with Crippen LogP contribution in [0.15, 0.2) is 12.4 Å². The number of nitrogen functional groups attached to an aromatic ring is 1. The second-order valence-corrected chi connectivity index (χ2v) is 5.02. The zero-order valence-corrected chi connectivity index (χ0v) is 10.3. The highest BCUT2D eigenvalue weighted by Crippen LogP contribution is 2.24. The molecule has 0 saturated carbocycles. The molecular weight excluding hydrogens is 214 g/mol. The summed E-state index contributed by atoms with van der Waals surface area (Å²) in [6.07, 6.45) is 4.55. The summed E-state index contributed by atoms with van der Waals surface area (Å²) in [5.74, 6) is 2.22. The predicted octanol–water partition coefficient (Wildman–Crippen LogP) is 1.24. The summed E-state index contributed by atoms with van der Waals surface area (Å²) in [6, 6.07) is 0. The summed E-state index contributed by atoms with van der Waals surface area (Å²) >= 11 is 0. The standard InChI is InChI=1S/C12H19N5/c1-8-3-9(2)7-17(6-8)11-5-15-10(4-16-11)12(13)14/h4-5,8-9H,3,6-7H2,1-2H3,(H3,13,14). The maximum atomic E-state index is 7.28. The minimum Gasteiger partial charge on any atom is -0.382 e. The van der Waals surface area contributed by atoms with Crippen LogP contribution < -0.4 is 10.6 Å². The number of nitrogens with zero attached hydrogens (tertiary/aromatic N) is 3. The van der Waals surface area contributed by atoms with E-state index in [9.17, 15) is 0 Å². The van der Waals surface area contributed by atoms with Crippen molar-refractivity contribution in [3.8, 4) is 0 Å². The summed E-state index contributed by atoms with van der Waals surface area (Å²) in [4.78, 5) is 10.7. The number of nitrogens with one attached hydrogen (secondary N) is 1. The molecule has 1 aliphatic rings.